The van der Waals surface area contributed by atoms with Crippen LogP contribution in [0, 0.1) is 11.7 Å². The van der Waals surface area contributed by atoms with Crippen molar-refractivity contribution in [3.05, 3.63) is 40.9 Å². The minimum Gasteiger partial charge on any atom is -0.392 e. The number of hydrogen-bond donors (Lipinski definition) is 1. The molecule has 2 heterocycles. The lowest BCUT2D eigenvalue weighted by molar-refractivity contribution is 0.0512. The molecule has 1 aliphatic heterocycles. The minimum absolute atomic E-state index is 0.231. The lowest BCUT2D eigenvalue weighted by Crippen LogP contribution is -2.39. The molecule has 1 fully saturated rings. The maximum absolute atomic E-state index is 9.76. The summed E-state index contributed by atoms with van der Waals surface area (Å²) in [4.78, 5) is 2.20. The number of β-amino-alcohol motifs (C(OH)–C–C–N with tert-alkyl or cyclic N) is 1. The quantitative estimate of drug-likeness (QED) is 0.883. The van der Waals surface area contributed by atoms with E-state index in [1.807, 2.05) is 46.5 Å². The Morgan fingerprint density at radius 1 is 1.33 bits per heavy atom. The van der Waals surface area contributed by atoms with Crippen LogP contribution in [0.2, 0.25) is 0 Å². The summed E-state index contributed by atoms with van der Waals surface area (Å²) in [6.07, 6.45) is 1.68. The fourth-order valence-electron chi connectivity index (χ4n) is 2.83. The highest BCUT2D eigenvalue weighted by Gasteiger charge is 2.19. The summed E-state index contributed by atoms with van der Waals surface area (Å²) in [7, 11) is 0. The van der Waals surface area contributed by atoms with Crippen LogP contribution in [0.5, 0.6) is 0 Å². The largest absolute Gasteiger partial charge is 0.392 e. The highest BCUT2D eigenvalue weighted by atomic mass is 32.1. The van der Waals surface area contributed by atoms with Gasteiger partial charge in [-0.3, -0.25) is 9.47 Å². The number of aliphatic hydroxyl groups is 1. The van der Waals surface area contributed by atoms with Crippen molar-refractivity contribution in [1.82, 2.24) is 19.2 Å². The number of rotatable bonds is 3. The molecule has 1 aliphatic rings. The van der Waals surface area contributed by atoms with Crippen LogP contribution in [0.25, 0.3) is 5.69 Å². The smallest absolute Gasteiger partial charge is 0.203 e. The molecule has 0 bridgehead atoms. The van der Waals surface area contributed by atoms with E-state index in [0.717, 1.165) is 30.9 Å². The first kappa shape index (κ1) is 14.4. The van der Waals surface area contributed by atoms with Gasteiger partial charge in [0.25, 0.3) is 0 Å². The summed E-state index contributed by atoms with van der Waals surface area (Å²) in [6.45, 7) is 4.27. The SMILES string of the molecule is Cc1nn(CN2CCC[C@H](O)C2)c(=S)n1-c1ccccc1. The molecule has 0 spiro atoms. The highest BCUT2D eigenvalue weighted by molar-refractivity contribution is 7.71. The van der Waals surface area contributed by atoms with E-state index < -0.39 is 0 Å². The molecule has 1 N–H and O–H groups in total. The number of benzene rings is 1. The maximum atomic E-state index is 9.76. The average molecular weight is 304 g/mol. The second kappa shape index (κ2) is 6.09. The fourth-order valence-corrected chi connectivity index (χ4v) is 3.17. The van der Waals surface area contributed by atoms with Crippen LogP contribution < -0.4 is 0 Å². The molecular formula is C15H20N4OS. The van der Waals surface area contributed by atoms with Crippen molar-refractivity contribution >= 4 is 12.2 Å². The second-order valence-corrected chi connectivity index (χ2v) is 5.88. The molecule has 3 rings (SSSR count). The lowest BCUT2D eigenvalue weighted by Gasteiger charge is -2.29. The molecule has 0 aliphatic carbocycles. The first-order valence-corrected chi connectivity index (χ1v) is 7.68. The van der Waals surface area contributed by atoms with Crippen molar-refractivity contribution < 1.29 is 5.11 Å². The molecule has 0 saturated carbocycles. The molecule has 6 heteroatoms. The number of likely N-dealkylation sites (tertiary alicyclic amines) is 1. The maximum Gasteiger partial charge on any atom is 0.203 e. The van der Waals surface area contributed by atoms with Crippen LogP contribution >= 0.6 is 12.2 Å². The van der Waals surface area contributed by atoms with Gasteiger partial charge in [0.2, 0.25) is 4.77 Å². The Morgan fingerprint density at radius 3 is 2.81 bits per heavy atom. The minimum atomic E-state index is -0.231. The van der Waals surface area contributed by atoms with Crippen molar-refractivity contribution in [2.45, 2.75) is 32.5 Å². The zero-order chi connectivity index (χ0) is 14.8. The molecule has 2 aromatic rings. The van der Waals surface area contributed by atoms with E-state index >= 15 is 0 Å². The Hall–Kier alpha value is -1.50. The number of aryl methyl sites for hydroxylation is 1. The van der Waals surface area contributed by atoms with Gasteiger partial charge in [0.1, 0.15) is 5.82 Å². The molecule has 112 valence electrons. The van der Waals surface area contributed by atoms with Gasteiger partial charge >= 0.3 is 0 Å². The molecule has 1 saturated heterocycles. The second-order valence-electron chi connectivity index (χ2n) is 5.51. The van der Waals surface area contributed by atoms with E-state index in [1.54, 1.807) is 0 Å². The normalized spacial score (nSPS) is 19.8. The zero-order valence-electron chi connectivity index (χ0n) is 12.1. The Kier molecular flexibility index (Phi) is 4.19. The molecule has 21 heavy (non-hydrogen) atoms. The van der Waals surface area contributed by atoms with Gasteiger partial charge in [0.15, 0.2) is 0 Å². The molecule has 1 aromatic carbocycles. The van der Waals surface area contributed by atoms with Crippen LogP contribution in [0.4, 0.5) is 0 Å². The topological polar surface area (TPSA) is 46.2 Å². The first-order valence-electron chi connectivity index (χ1n) is 7.27. The summed E-state index contributed by atoms with van der Waals surface area (Å²) in [5, 5.41) is 14.3. The first-order chi connectivity index (χ1) is 10.1. The standard InChI is InChI=1S/C15H20N4OS/c1-12-16-18(11-17-9-5-8-14(20)10-17)15(21)19(12)13-6-3-2-4-7-13/h2-4,6-7,14,20H,5,8-11H2,1H3/t14-/m0/s1. The third-order valence-corrected chi connectivity index (χ3v) is 4.22. The number of nitrogens with zero attached hydrogens (tertiary/aromatic N) is 4. The average Bonchev–Trinajstić information content (AvgIpc) is 2.74. The van der Waals surface area contributed by atoms with Crippen LogP contribution in [0.15, 0.2) is 30.3 Å². The molecule has 0 radical (unpaired) electrons. The van der Waals surface area contributed by atoms with Crippen molar-refractivity contribution in [3.8, 4) is 5.69 Å². The van der Waals surface area contributed by atoms with Gasteiger partial charge in [-0.05, 0) is 44.1 Å². The summed E-state index contributed by atoms with van der Waals surface area (Å²) in [5.41, 5.74) is 1.03. The summed E-state index contributed by atoms with van der Waals surface area (Å²) in [5.74, 6) is 0.878. The van der Waals surface area contributed by atoms with Crippen LogP contribution in [-0.2, 0) is 6.67 Å². The van der Waals surface area contributed by atoms with Crippen LogP contribution in [0.1, 0.15) is 18.7 Å². The van der Waals surface area contributed by atoms with Crippen LogP contribution in [0.3, 0.4) is 0 Å². The van der Waals surface area contributed by atoms with Gasteiger partial charge in [-0.1, -0.05) is 18.2 Å². The Balaban J connectivity index is 1.86. The fraction of sp³-hybridized carbons (Fsp3) is 0.467. The summed E-state index contributed by atoms with van der Waals surface area (Å²) in [6, 6.07) is 10.0. The van der Waals surface area contributed by atoms with Gasteiger partial charge < -0.3 is 5.11 Å². The Bertz CT molecular complexity index is 664. The van der Waals surface area contributed by atoms with E-state index in [-0.39, 0.29) is 6.10 Å². The number of piperidine rings is 1. The molecule has 1 atom stereocenters. The summed E-state index contributed by atoms with van der Waals surface area (Å²) < 4.78 is 4.52. The van der Waals surface area contributed by atoms with Gasteiger partial charge in [0, 0.05) is 18.8 Å². The monoisotopic (exact) mass is 304 g/mol. The Morgan fingerprint density at radius 2 is 2.10 bits per heavy atom. The van der Waals surface area contributed by atoms with E-state index in [4.69, 9.17) is 12.2 Å². The van der Waals surface area contributed by atoms with Gasteiger partial charge in [0.05, 0.1) is 12.8 Å². The van der Waals surface area contributed by atoms with E-state index in [9.17, 15) is 5.11 Å². The van der Waals surface area contributed by atoms with Crippen molar-refractivity contribution in [1.29, 1.82) is 0 Å². The lowest BCUT2D eigenvalue weighted by atomic mass is 10.1. The molecule has 1 aromatic heterocycles. The van der Waals surface area contributed by atoms with Gasteiger partial charge in [-0.15, -0.1) is 0 Å². The van der Waals surface area contributed by atoms with Crippen molar-refractivity contribution in [2.24, 2.45) is 0 Å². The van der Waals surface area contributed by atoms with E-state index in [0.29, 0.717) is 18.0 Å². The van der Waals surface area contributed by atoms with E-state index in [1.165, 1.54) is 0 Å². The molecule has 0 amide bonds. The third-order valence-electron chi connectivity index (χ3n) is 3.83. The van der Waals surface area contributed by atoms with Crippen molar-refractivity contribution in [2.75, 3.05) is 13.1 Å². The van der Waals surface area contributed by atoms with Gasteiger partial charge in [-0.2, -0.15) is 5.10 Å². The Labute approximate surface area is 129 Å². The van der Waals surface area contributed by atoms with Gasteiger partial charge in [-0.25, -0.2) is 4.68 Å². The van der Waals surface area contributed by atoms with Crippen LogP contribution in [-0.4, -0.2) is 43.5 Å². The van der Waals surface area contributed by atoms with E-state index in [2.05, 4.69) is 10.00 Å². The third kappa shape index (κ3) is 3.07. The number of aromatic nitrogens is 3. The van der Waals surface area contributed by atoms with Crippen molar-refractivity contribution in [3.63, 3.8) is 0 Å². The number of para-hydroxylation sites is 1. The molecular weight excluding hydrogens is 284 g/mol. The predicted octanol–water partition coefficient (Wildman–Crippen LogP) is 2.13. The number of hydrogen-bond acceptors (Lipinski definition) is 4. The predicted molar refractivity (Wildman–Crippen MR) is 83.9 cm³/mol. The summed E-state index contributed by atoms with van der Waals surface area (Å²) >= 11 is 5.57. The molecule has 0 unspecified atom stereocenters. The molecule has 5 nitrogen and oxygen atoms in total. The highest BCUT2D eigenvalue weighted by Crippen LogP contribution is 2.14. The zero-order valence-corrected chi connectivity index (χ0v) is 13.0. The number of aliphatic hydroxyl groups excluding tert-OH is 1.